The second-order valence-electron chi connectivity index (χ2n) is 4.14. The maximum absolute atomic E-state index is 12.0. The number of hydrogen-bond donors (Lipinski definition) is 1. The molecule has 0 fully saturated rings. The zero-order valence-corrected chi connectivity index (χ0v) is 12.6. The van der Waals surface area contributed by atoms with Crippen molar-refractivity contribution < 1.29 is 22.7 Å². The quantitative estimate of drug-likeness (QED) is 0.765. The SMILES string of the molecule is CCOC(=O)c1ccc(S(=O)(=O)NCC(C)OC)cc1. The van der Waals surface area contributed by atoms with Crippen molar-refractivity contribution in [1.82, 2.24) is 4.72 Å². The number of ether oxygens (including phenoxy) is 2. The molecule has 1 aromatic carbocycles. The first-order chi connectivity index (χ1) is 9.40. The molecule has 6 nitrogen and oxygen atoms in total. The van der Waals surface area contributed by atoms with E-state index in [-0.39, 0.29) is 24.2 Å². The Labute approximate surface area is 119 Å². The molecule has 0 spiro atoms. The molecule has 0 bridgehead atoms. The maximum atomic E-state index is 12.0. The van der Waals surface area contributed by atoms with E-state index in [1.807, 2.05) is 0 Å². The molecule has 1 N–H and O–H groups in total. The Morgan fingerprint density at radius 2 is 1.90 bits per heavy atom. The van der Waals surface area contributed by atoms with Crippen molar-refractivity contribution in [2.45, 2.75) is 24.8 Å². The fourth-order valence-electron chi connectivity index (χ4n) is 1.38. The number of nitrogens with one attached hydrogen (secondary N) is 1. The molecule has 1 aromatic rings. The van der Waals surface area contributed by atoms with Crippen molar-refractivity contribution in [2.24, 2.45) is 0 Å². The van der Waals surface area contributed by atoms with Gasteiger partial charge in [0.15, 0.2) is 0 Å². The van der Waals surface area contributed by atoms with Crippen LogP contribution >= 0.6 is 0 Å². The molecule has 20 heavy (non-hydrogen) atoms. The summed E-state index contributed by atoms with van der Waals surface area (Å²) in [6.45, 7) is 3.91. The van der Waals surface area contributed by atoms with Crippen LogP contribution in [-0.2, 0) is 19.5 Å². The van der Waals surface area contributed by atoms with Crippen LogP contribution in [0.3, 0.4) is 0 Å². The Hall–Kier alpha value is -1.44. The number of benzene rings is 1. The number of carbonyl (C=O) groups excluding carboxylic acids is 1. The van der Waals surface area contributed by atoms with Crippen LogP contribution in [0.1, 0.15) is 24.2 Å². The van der Waals surface area contributed by atoms with Gasteiger partial charge in [-0.1, -0.05) is 0 Å². The van der Waals surface area contributed by atoms with E-state index in [2.05, 4.69) is 4.72 Å². The third-order valence-electron chi connectivity index (χ3n) is 2.64. The molecule has 112 valence electrons. The van der Waals surface area contributed by atoms with E-state index in [1.165, 1.54) is 31.4 Å². The summed E-state index contributed by atoms with van der Waals surface area (Å²) in [4.78, 5) is 11.5. The van der Waals surface area contributed by atoms with Crippen molar-refractivity contribution in [3.05, 3.63) is 29.8 Å². The second kappa shape index (κ2) is 7.37. The van der Waals surface area contributed by atoms with E-state index in [4.69, 9.17) is 9.47 Å². The lowest BCUT2D eigenvalue weighted by molar-refractivity contribution is 0.0526. The van der Waals surface area contributed by atoms with Gasteiger partial charge in [0.05, 0.1) is 23.2 Å². The Morgan fingerprint density at radius 1 is 1.30 bits per heavy atom. The minimum Gasteiger partial charge on any atom is -0.462 e. The fraction of sp³-hybridized carbons (Fsp3) is 0.462. The van der Waals surface area contributed by atoms with Gasteiger partial charge < -0.3 is 9.47 Å². The predicted molar refractivity (Wildman–Crippen MR) is 74.1 cm³/mol. The lowest BCUT2D eigenvalue weighted by Crippen LogP contribution is -2.31. The van der Waals surface area contributed by atoms with E-state index < -0.39 is 16.0 Å². The first kappa shape index (κ1) is 16.6. The largest absolute Gasteiger partial charge is 0.462 e. The molecule has 0 aliphatic rings. The normalized spacial score (nSPS) is 12.9. The molecule has 1 rings (SSSR count). The van der Waals surface area contributed by atoms with Crippen LogP contribution in [0.4, 0.5) is 0 Å². The van der Waals surface area contributed by atoms with Crippen molar-refractivity contribution in [2.75, 3.05) is 20.3 Å². The van der Waals surface area contributed by atoms with Gasteiger partial charge in [-0.3, -0.25) is 0 Å². The highest BCUT2D eigenvalue weighted by molar-refractivity contribution is 7.89. The molecule has 1 unspecified atom stereocenters. The van der Waals surface area contributed by atoms with Crippen LogP contribution in [0, 0.1) is 0 Å². The first-order valence-electron chi connectivity index (χ1n) is 6.20. The van der Waals surface area contributed by atoms with Crippen molar-refractivity contribution in [1.29, 1.82) is 0 Å². The third-order valence-corrected chi connectivity index (χ3v) is 4.08. The summed E-state index contributed by atoms with van der Waals surface area (Å²) in [5.41, 5.74) is 0.316. The molecule has 0 saturated heterocycles. The molecule has 1 atom stereocenters. The van der Waals surface area contributed by atoms with Gasteiger partial charge in [-0.15, -0.1) is 0 Å². The molecule has 0 aliphatic heterocycles. The van der Waals surface area contributed by atoms with Crippen LogP contribution < -0.4 is 4.72 Å². The smallest absolute Gasteiger partial charge is 0.338 e. The van der Waals surface area contributed by atoms with Gasteiger partial charge in [0.1, 0.15) is 0 Å². The average Bonchev–Trinajstić information content (AvgIpc) is 2.45. The Kier molecular flexibility index (Phi) is 6.12. The third kappa shape index (κ3) is 4.59. The van der Waals surface area contributed by atoms with Gasteiger partial charge in [-0.2, -0.15) is 0 Å². The maximum Gasteiger partial charge on any atom is 0.338 e. The highest BCUT2D eigenvalue weighted by Gasteiger charge is 2.16. The van der Waals surface area contributed by atoms with Crippen molar-refractivity contribution >= 4 is 16.0 Å². The average molecular weight is 301 g/mol. The number of esters is 1. The van der Waals surface area contributed by atoms with Crippen LogP contribution in [0.5, 0.6) is 0 Å². The van der Waals surface area contributed by atoms with E-state index in [1.54, 1.807) is 13.8 Å². The monoisotopic (exact) mass is 301 g/mol. The molecule has 0 heterocycles. The molecule has 0 aliphatic carbocycles. The topological polar surface area (TPSA) is 81.7 Å². The minimum absolute atomic E-state index is 0.0915. The van der Waals surface area contributed by atoms with E-state index in [0.717, 1.165) is 0 Å². The van der Waals surface area contributed by atoms with E-state index >= 15 is 0 Å². The fourth-order valence-corrected chi connectivity index (χ4v) is 2.49. The molecule has 0 saturated carbocycles. The summed E-state index contributed by atoms with van der Waals surface area (Å²) in [6, 6.07) is 5.58. The molecular weight excluding hydrogens is 282 g/mol. The van der Waals surface area contributed by atoms with Gasteiger partial charge >= 0.3 is 5.97 Å². The number of rotatable bonds is 7. The molecule has 0 amide bonds. The van der Waals surface area contributed by atoms with Crippen LogP contribution in [0.25, 0.3) is 0 Å². The highest BCUT2D eigenvalue weighted by Crippen LogP contribution is 2.11. The predicted octanol–water partition coefficient (Wildman–Crippen LogP) is 1.18. The van der Waals surface area contributed by atoms with Gasteiger partial charge in [-0.05, 0) is 38.1 Å². The molecular formula is C13H19NO5S. The minimum atomic E-state index is -3.60. The van der Waals surface area contributed by atoms with E-state index in [9.17, 15) is 13.2 Å². The highest BCUT2D eigenvalue weighted by atomic mass is 32.2. The molecule has 7 heteroatoms. The second-order valence-corrected chi connectivity index (χ2v) is 5.91. The number of methoxy groups -OCH3 is 1. The van der Waals surface area contributed by atoms with E-state index in [0.29, 0.717) is 5.56 Å². The standard InChI is InChI=1S/C13H19NO5S/c1-4-19-13(15)11-5-7-12(8-6-11)20(16,17)14-9-10(2)18-3/h5-8,10,14H,4,9H2,1-3H3. The van der Waals surface area contributed by atoms with Gasteiger partial charge in [0.25, 0.3) is 0 Å². The molecule has 0 radical (unpaired) electrons. The number of hydrogen-bond acceptors (Lipinski definition) is 5. The zero-order chi connectivity index (χ0) is 15.2. The Morgan fingerprint density at radius 3 is 2.40 bits per heavy atom. The number of sulfonamides is 1. The van der Waals surface area contributed by atoms with Crippen LogP contribution in [0.2, 0.25) is 0 Å². The summed E-state index contributed by atoms with van der Waals surface area (Å²) in [5, 5.41) is 0. The summed E-state index contributed by atoms with van der Waals surface area (Å²) in [5.74, 6) is -0.475. The summed E-state index contributed by atoms with van der Waals surface area (Å²) in [7, 11) is -2.10. The zero-order valence-electron chi connectivity index (χ0n) is 11.8. The summed E-state index contributed by atoms with van der Waals surface area (Å²) < 4.78 is 36.2. The van der Waals surface area contributed by atoms with Gasteiger partial charge in [0, 0.05) is 13.7 Å². The lowest BCUT2D eigenvalue weighted by Gasteiger charge is -2.11. The first-order valence-corrected chi connectivity index (χ1v) is 7.68. The summed E-state index contributed by atoms with van der Waals surface area (Å²) in [6.07, 6.45) is -0.219. The lowest BCUT2D eigenvalue weighted by atomic mass is 10.2. The van der Waals surface area contributed by atoms with Crippen molar-refractivity contribution in [3.63, 3.8) is 0 Å². The van der Waals surface area contributed by atoms with Crippen LogP contribution in [-0.4, -0.2) is 40.8 Å². The Balaban J connectivity index is 2.79. The summed E-state index contributed by atoms with van der Waals surface area (Å²) >= 11 is 0. The van der Waals surface area contributed by atoms with Gasteiger partial charge in [-0.25, -0.2) is 17.9 Å². The number of carbonyl (C=O) groups is 1. The van der Waals surface area contributed by atoms with Crippen molar-refractivity contribution in [3.8, 4) is 0 Å². The van der Waals surface area contributed by atoms with Crippen LogP contribution in [0.15, 0.2) is 29.2 Å². The molecule has 0 aromatic heterocycles. The Bertz CT molecular complexity index is 538. The van der Waals surface area contributed by atoms with Gasteiger partial charge in [0.2, 0.25) is 10.0 Å².